The van der Waals surface area contributed by atoms with Gasteiger partial charge < -0.3 is 18.9 Å². The van der Waals surface area contributed by atoms with Crippen LogP contribution in [0, 0.1) is 0 Å². The number of hydrogen-bond donors (Lipinski definition) is 0. The summed E-state index contributed by atoms with van der Waals surface area (Å²) in [5.74, 6) is 2.27. The molecule has 0 spiro atoms. The summed E-state index contributed by atoms with van der Waals surface area (Å²) in [7, 11) is 0. The van der Waals surface area contributed by atoms with Gasteiger partial charge in [0.05, 0.1) is 38.6 Å². The van der Waals surface area contributed by atoms with Gasteiger partial charge in [-0.3, -0.25) is 0 Å². The molecule has 4 rings (SSSR count). The summed E-state index contributed by atoms with van der Waals surface area (Å²) in [4.78, 5) is 0. The van der Waals surface area contributed by atoms with Crippen LogP contribution in [0.15, 0.2) is 24.3 Å². The third-order valence-electron chi connectivity index (χ3n) is 7.97. The summed E-state index contributed by atoms with van der Waals surface area (Å²) >= 11 is 0. The molecule has 2 aromatic carbocycles. The number of ether oxygens (including phenoxy) is 4. The monoisotopic (exact) mass is 522 g/mol. The lowest BCUT2D eigenvalue weighted by Gasteiger charge is -2.18. The van der Waals surface area contributed by atoms with Crippen molar-refractivity contribution in [1.29, 1.82) is 0 Å². The van der Waals surface area contributed by atoms with Crippen molar-refractivity contribution < 1.29 is 18.9 Å². The van der Waals surface area contributed by atoms with Crippen LogP contribution in [0.5, 0.6) is 11.5 Å². The molecule has 0 radical (unpaired) electrons. The molecule has 2 aliphatic heterocycles. The van der Waals surface area contributed by atoms with Gasteiger partial charge in [-0.15, -0.1) is 0 Å². The molecule has 0 aromatic heterocycles. The molecule has 4 nitrogen and oxygen atoms in total. The third kappa shape index (κ3) is 8.74. The van der Waals surface area contributed by atoms with Crippen LogP contribution in [0.25, 0.3) is 0 Å². The summed E-state index contributed by atoms with van der Waals surface area (Å²) in [6, 6.07) is 9.55. The molecule has 2 fully saturated rings. The lowest BCUT2D eigenvalue weighted by Crippen LogP contribution is -2.06. The zero-order valence-corrected chi connectivity index (χ0v) is 24.4. The largest absolute Gasteiger partial charge is 0.493 e. The number of aryl methyl sites for hydroxylation is 6. The zero-order valence-electron chi connectivity index (χ0n) is 24.4. The molecule has 0 N–H and O–H groups in total. The van der Waals surface area contributed by atoms with Gasteiger partial charge in [0.15, 0.2) is 0 Å². The molecule has 2 aromatic rings. The van der Waals surface area contributed by atoms with Crippen LogP contribution >= 0.6 is 0 Å². The van der Waals surface area contributed by atoms with Crippen LogP contribution in [-0.4, -0.2) is 38.6 Å². The van der Waals surface area contributed by atoms with E-state index in [-0.39, 0.29) is 0 Å². The minimum Gasteiger partial charge on any atom is -0.493 e. The number of rotatable bonds is 19. The quantitative estimate of drug-likeness (QED) is 0.141. The lowest BCUT2D eigenvalue weighted by atomic mass is 9.94. The van der Waals surface area contributed by atoms with Gasteiger partial charge in [-0.1, -0.05) is 52.0 Å². The first kappa shape index (κ1) is 29.0. The molecule has 0 saturated carbocycles. The minimum absolute atomic E-state index is 0.523. The number of epoxide rings is 2. The molecule has 38 heavy (non-hydrogen) atoms. The van der Waals surface area contributed by atoms with E-state index >= 15 is 0 Å². The Morgan fingerprint density at radius 1 is 0.579 bits per heavy atom. The van der Waals surface area contributed by atoms with Crippen molar-refractivity contribution in [1.82, 2.24) is 0 Å². The highest BCUT2D eigenvalue weighted by Gasteiger charge is 2.22. The number of unbranched alkanes of at least 4 members (excludes halogenated alkanes) is 2. The predicted molar refractivity (Wildman–Crippen MR) is 156 cm³/mol. The predicted octanol–water partition coefficient (Wildman–Crippen LogP) is 7.62. The van der Waals surface area contributed by atoms with Crippen molar-refractivity contribution in [3.05, 3.63) is 57.6 Å². The van der Waals surface area contributed by atoms with Crippen LogP contribution in [0.3, 0.4) is 0 Å². The molecular formula is C34H50O4. The third-order valence-corrected chi connectivity index (χ3v) is 7.97. The maximum absolute atomic E-state index is 6.34. The van der Waals surface area contributed by atoms with Gasteiger partial charge in [0.2, 0.25) is 0 Å². The molecule has 2 unspecified atom stereocenters. The van der Waals surface area contributed by atoms with Crippen molar-refractivity contribution in [2.75, 3.05) is 26.4 Å². The van der Waals surface area contributed by atoms with E-state index in [1.807, 2.05) is 0 Å². The van der Waals surface area contributed by atoms with Gasteiger partial charge >= 0.3 is 0 Å². The van der Waals surface area contributed by atoms with Gasteiger partial charge in [0, 0.05) is 0 Å². The first-order valence-corrected chi connectivity index (χ1v) is 15.4. The summed E-state index contributed by atoms with van der Waals surface area (Å²) in [5.41, 5.74) is 8.26. The summed E-state index contributed by atoms with van der Waals surface area (Å²) < 4.78 is 23.3. The fourth-order valence-electron chi connectivity index (χ4n) is 5.42. The van der Waals surface area contributed by atoms with E-state index in [0.717, 1.165) is 89.3 Å². The molecule has 4 heteroatoms. The number of hydrogen-bond acceptors (Lipinski definition) is 4. The standard InChI is InChI=1S/C34H50O4/c1-5-27-19-25(20-28(6-2)33(27)35-17-11-9-13-31-23-37-31)15-16-26-21-29(7-3)34(30(8-4)22-26)36-18-12-10-14-32-24-38-32/h19-22,31-32H,5-18,23-24H2,1-4H3. The van der Waals surface area contributed by atoms with E-state index in [0.29, 0.717) is 12.2 Å². The van der Waals surface area contributed by atoms with Crippen LogP contribution in [-0.2, 0) is 48.0 Å². The fourth-order valence-corrected chi connectivity index (χ4v) is 5.42. The molecule has 2 atom stereocenters. The topological polar surface area (TPSA) is 43.5 Å². The van der Waals surface area contributed by atoms with Crippen molar-refractivity contribution >= 4 is 0 Å². The average Bonchev–Trinajstić information content (AvgIpc) is 3.87. The minimum atomic E-state index is 0.523. The normalized spacial score (nSPS) is 18.0. The smallest absolute Gasteiger partial charge is 0.125 e. The Morgan fingerprint density at radius 2 is 0.921 bits per heavy atom. The zero-order chi connectivity index (χ0) is 26.7. The Morgan fingerprint density at radius 3 is 1.21 bits per heavy atom. The maximum Gasteiger partial charge on any atom is 0.125 e. The lowest BCUT2D eigenvalue weighted by molar-refractivity contribution is 0.294. The molecule has 0 bridgehead atoms. The van der Waals surface area contributed by atoms with E-state index in [9.17, 15) is 0 Å². The Balaban J connectivity index is 1.36. The summed E-state index contributed by atoms with van der Waals surface area (Å²) in [6.07, 6.45) is 14.1. The molecule has 0 amide bonds. The highest BCUT2D eigenvalue weighted by atomic mass is 16.6. The molecule has 2 aliphatic rings. The van der Waals surface area contributed by atoms with Crippen molar-refractivity contribution in [2.24, 2.45) is 0 Å². The average molecular weight is 523 g/mol. The van der Waals surface area contributed by atoms with Crippen LogP contribution in [0.4, 0.5) is 0 Å². The van der Waals surface area contributed by atoms with E-state index < -0.39 is 0 Å². The molecule has 2 saturated heterocycles. The van der Waals surface area contributed by atoms with Crippen LogP contribution in [0.2, 0.25) is 0 Å². The van der Waals surface area contributed by atoms with Gasteiger partial charge in [-0.2, -0.15) is 0 Å². The van der Waals surface area contributed by atoms with Crippen molar-refractivity contribution in [3.8, 4) is 11.5 Å². The first-order valence-electron chi connectivity index (χ1n) is 15.4. The maximum atomic E-state index is 6.34. The van der Waals surface area contributed by atoms with Gasteiger partial charge in [-0.05, 0) is 110 Å². The second-order valence-corrected chi connectivity index (χ2v) is 11.0. The van der Waals surface area contributed by atoms with Crippen LogP contribution in [0.1, 0.15) is 99.6 Å². The Kier molecular flexibility index (Phi) is 11.4. The van der Waals surface area contributed by atoms with E-state index in [4.69, 9.17) is 18.9 Å². The Hall–Kier alpha value is -2.04. The van der Waals surface area contributed by atoms with Gasteiger partial charge in [0.25, 0.3) is 0 Å². The van der Waals surface area contributed by atoms with Crippen LogP contribution < -0.4 is 9.47 Å². The van der Waals surface area contributed by atoms with Crippen molar-refractivity contribution in [2.45, 2.75) is 117 Å². The fraction of sp³-hybridized carbons (Fsp3) is 0.647. The molecule has 0 aliphatic carbocycles. The van der Waals surface area contributed by atoms with Gasteiger partial charge in [-0.25, -0.2) is 0 Å². The second kappa shape index (κ2) is 14.9. The van der Waals surface area contributed by atoms with E-state index in [2.05, 4.69) is 52.0 Å². The first-order chi connectivity index (χ1) is 18.6. The summed E-state index contributed by atoms with van der Waals surface area (Å²) in [5, 5.41) is 0. The highest BCUT2D eigenvalue weighted by molar-refractivity contribution is 5.47. The van der Waals surface area contributed by atoms with E-state index in [1.165, 1.54) is 59.1 Å². The molecule has 210 valence electrons. The molecular weight excluding hydrogens is 472 g/mol. The van der Waals surface area contributed by atoms with Gasteiger partial charge in [0.1, 0.15) is 11.5 Å². The van der Waals surface area contributed by atoms with E-state index in [1.54, 1.807) is 0 Å². The second-order valence-electron chi connectivity index (χ2n) is 11.0. The summed E-state index contributed by atoms with van der Waals surface area (Å²) in [6.45, 7) is 12.5. The highest BCUT2D eigenvalue weighted by Crippen LogP contribution is 2.31. The SMILES string of the molecule is CCc1cc(CCc2cc(CC)c(OCCCCC3CO3)c(CC)c2)cc(CC)c1OCCCCC1CO1. The Labute approximate surface area is 231 Å². The Bertz CT molecular complexity index is 874. The number of benzene rings is 2. The van der Waals surface area contributed by atoms with Crippen molar-refractivity contribution in [3.63, 3.8) is 0 Å². The molecule has 2 heterocycles.